The Bertz CT molecular complexity index is 1450. The van der Waals surface area contributed by atoms with Gasteiger partial charge < -0.3 is 20.3 Å². The molecule has 4 rings (SSSR count). The zero-order valence-electron chi connectivity index (χ0n) is 20.2. The first-order valence-electron chi connectivity index (χ1n) is 11.4. The molecule has 0 bridgehead atoms. The number of alkyl halides is 3. The number of benzene rings is 3. The second-order valence-corrected chi connectivity index (χ2v) is 8.49. The third kappa shape index (κ3) is 6.07. The second-order valence-electron chi connectivity index (χ2n) is 8.49. The lowest BCUT2D eigenvalue weighted by Gasteiger charge is -2.14. The molecule has 0 saturated carbocycles. The summed E-state index contributed by atoms with van der Waals surface area (Å²) in [4.78, 5) is 21.8. The van der Waals surface area contributed by atoms with Crippen LogP contribution in [0.5, 0.6) is 0 Å². The Hall–Kier alpha value is -4.37. The van der Waals surface area contributed by atoms with E-state index in [1.54, 1.807) is 30.4 Å². The van der Waals surface area contributed by atoms with Gasteiger partial charge in [-0.1, -0.05) is 42.5 Å². The molecule has 0 unspecified atom stereocenters. The molecular weight excluding hydrogens is 481 g/mol. The number of amides is 1. The Labute approximate surface area is 211 Å². The standard InChI is InChI=1S/C28H25F3N4O2/c1-35(2)21-15-11-19(12-16-21)22(18-9-13-20(14-10-18)28(29,30)31)5-3-8-26(37)33-24-7-4-6-23-27(24)34-25(17-36)32-23/h3-16,36H,17H2,1-2H3,(H,32,34)(H,33,37)/b8-3+,22-5-. The van der Waals surface area contributed by atoms with Gasteiger partial charge in [0, 0.05) is 25.9 Å². The summed E-state index contributed by atoms with van der Waals surface area (Å²) in [6.07, 6.45) is 0.136. The van der Waals surface area contributed by atoms with Crippen molar-refractivity contribution in [1.82, 2.24) is 9.97 Å². The first-order valence-corrected chi connectivity index (χ1v) is 11.4. The van der Waals surface area contributed by atoms with Gasteiger partial charge in [-0.3, -0.25) is 4.79 Å². The molecule has 0 atom stereocenters. The summed E-state index contributed by atoms with van der Waals surface area (Å²) in [6.45, 7) is -0.255. The first kappa shape index (κ1) is 25.7. The number of H-pyrrole nitrogens is 1. The highest BCUT2D eigenvalue weighted by Gasteiger charge is 2.30. The Morgan fingerprint density at radius 3 is 2.27 bits per heavy atom. The van der Waals surface area contributed by atoms with E-state index in [4.69, 9.17) is 0 Å². The Morgan fingerprint density at radius 1 is 1.03 bits per heavy atom. The minimum absolute atomic E-state index is 0.255. The molecule has 6 nitrogen and oxygen atoms in total. The van der Waals surface area contributed by atoms with Gasteiger partial charge in [0.25, 0.3) is 0 Å². The van der Waals surface area contributed by atoms with Gasteiger partial charge in [0.05, 0.1) is 16.8 Å². The number of carbonyl (C=O) groups excluding carboxylic acids is 1. The van der Waals surface area contributed by atoms with Crippen LogP contribution in [-0.4, -0.2) is 35.1 Å². The summed E-state index contributed by atoms with van der Waals surface area (Å²) in [7, 11) is 3.83. The zero-order chi connectivity index (χ0) is 26.6. The van der Waals surface area contributed by atoms with Crippen molar-refractivity contribution in [3.05, 3.63) is 107 Å². The van der Waals surface area contributed by atoms with Crippen LogP contribution in [0, 0.1) is 0 Å². The molecule has 1 aromatic heterocycles. The number of aliphatic hydroxyl groups excluding tert-OH is 1. The fourth-order valence-electron chi connectivity index (χ4n) is 3.80. The summed E-state index contributed by atoms with van der Waals surface area (Å²) in [5, 5.41) is 12.1. The SMILES string of the molecule is CN(C)c1ccc(/C(=C\C=C\C(=O)Nc2cccc3[nH]c(CO)nc23)c2ccc(C(F)(F)F)cc2)cc1. The number of aromatic amines is 1. The van der Waals surface area contributed by atoms with E-state index in [0.29, 0.717) is 33.7 Å². The topological polar surface area (TPSA) is 81.2 Å². The number of hydrogen-bond donors (Lipinski definition) is 3. The fourth-order valence-corrected chi connectivity index (χ4v) is 3.80. The van der Waals surface area contributed by atoms with Crippen molar-refractivity contribution in [3.63, 3.8) is 0 Å². The molecular formula is C28H25F3N4O2. The molecule has 0 radical (unpaired) electrons. The molecule has 3 aromatic carbocycles. The van der Waals surface area contributed by atoms with Crippen LogP contribution >= 0.6 is 0 Å². The maximum atomic E-state index is 13.1. The van der Waals surface area contributed by atoms with Crippen LogP contribution in [-0.2, 0) is 17.6 Å². The van der Waals surface area contributed by atoms with Crippen LogP contribution in [0.4, 0.5) is 24.5 Å². The van der Waals surface area contributed by atoms with Gasteiger partial charge >= 0.3 is 6.18 Å². The molecule has 0 spiro atoms. The molecule has 9 heteroatoms. The average Bonchev–Trinajstić information content (AvgIpc) is 3.31. The summed E-state index contributed by atoms with van der Waals surface area (Å²) >= 11 is 0. The molecule has 1 amide bonds. The highest BCUT2D eigenvalue weighted by atomic mass is 19.4. The highest BCUT2D eigenvalue weighted by molar-refractivity contribution is 6.04. The van der Waals surface area contributed by atoms with E-state index < -0.39 is 17.6 Å². The van der Waals surface area contributed by atoms with Crippen molar-refractivity contribution in [3.8, 4) is 0 Å². The Morgan fingerprint density at radius 2 is 1.68 bits per heavy atom. The Kier molecular flexibility index (Phi) is 7.45. The van der Waals surface area contributed by atoms with Crippen molar-refractivity contribution in [2.45, 2.75) is 12.8 Å². The fraction of sp³-hybridized carbons (Fsp3) is 0.143. The molecule has 37 heavy (non-hydrogen) atoms. The van der Waals surface area contributed by atoms with E-state index in [-0.39, 0.29) is 6.61 Å². The van der Waals surface area contributed by atoms with Crippen LogP contribution in [0.25, 0.3) is 16.6 Å². The van der Waals surface area contributed by atoms with Crippen molar-refractivity contribution in [2.24, 2.45) is 0 Å². The number of para-hydroxylation sites is 1. The number of carbonyl (C=O) groups is 1. The maximum Gasteiger partial charge on any atom is 0.416 e. The quantitative estimate of drug-likeness (QED) is 0.220. The highest BCUT2D eigenvalue weighted by Crippen LogP contribution is 2.32. The molecule has 0 aliphatic carbocycles. The van der Waals surface area contributed by atoms with Crippen molar-refractivity contribution in [1.29, 1.82) is 0 Å². The predicted molar refractivity (Wildman–Crippen MR) is 139 cm³/mol. The number of nitrogens with one attached hydrogen (secondary N) is 2. The van der Waals surface area contributed by atoms with E-state index in [2.05, 4.69) is 15.3 Å². The maximum absolute atomic E-state index is 13.1. The number of allylic oxidation sites excluding steroid dienone is 2. The summed E-state index contributed by atoms with van der Waals surface area (Å²) in [5.41, 5.74) is 3.94. The normalized spacial score (nSPS) is 12.3. The van der Waals surface area contributed by atoms with E-state index >= 15 is 0 Å². The molecule has 190 valence electrons. The van der Waals surface area contributed by atoms with Crippen molar-refractivity contribution >= 4 is 33.9 Å². The number of imidazole rings is 1. The van der Waals surface area contributed by atoms with Crippen molar-refractivity contribution < 1.29 is 23.1 Å². The molecule has 0 fully saturated rings. The second kappa shape index (κ2) is 10.7. The summed E-state index contributed by atoms with van der Waals surface area (Å²) in [5.74, 6) is -0.0244. The predicted octanol–water partition coefficient (Wildman–Crippen LogP) is 5.77. The monoisotopic (exact) mass is 506 g/mol. The van der Waals surface area contributed by atoms with Crippen LogP contribution in [0.1, 0.15) is 22.5 Å². The number of anilines is 2. The lowest BCUT2D eigenvalue weighted by molar-refractivity contribution is -0.137. The smallest absolute Gasteiger partial charge is 0.388 e. The van der Waals surface area contributed by atoms with Gasteiger partial charge in [0.15, 0.2) is 0 Å². The van der Waals surface area contributed by atoms with E-state index in [1.165, 1.54) is 18.2 Å². The summed E-state index contributed by atoms with van der Waals surface area (Å²) < 4.78 is 39.2. The van der Waals surface area contributed by atoms with Crippen molar-refractivity contribution in [2.75, 3.05) is 24.3 Å². The number of fused-ring (bicyclic) bond motifs is 1. The van der Waals surface area contributed by atoms with E-state index in [1.807, 2.05) is 43.3 Å². The van der Waals surface area contributed by atoms with Gasteiger partial charge in [-0.15, -0.1) is 0 Å². The molecule has 0 saturated heterocycles. The van der Waals surface area contributed by atoms with Crippen LogP contribution in [0.15, 0.2) is 85.0 Å². The number of nitrogens with zero attached hydrogens (tertiary/aromatic N) is 2. The summed E-state index contributed by atoms with van der Waals surface area (Å²) in [6, 6.07) is 17.7. The average molecular weight is 507 g/mol. The van der Waals surface area contributed by atoms with Gasteiger partial charge in [-0.2, -0.15) is 13.2 Å². The van der Waals surface area contributed by atoms with Gasteiger partial charge in [0.1, 0.15) is 17.9 Å². The molecule has 3 N–H and O–H groups in total. The largest absolute Gasteiger partial charge is 0.416 e. The number of rotatable bonds is 7. The van der Waals surface area contributed by atoms with Gasteiger partial charge in [-0.05, 0) is 53.1 Å². The molecule has 1 heterocycles. The number of aromatic nitrogens is 2. The van der Waals surface area contributed by atoms with E-state index in [9.17, 15) is 23.1 Å². The lowest BCUT2D eigenvalue weighted by Crippen LogP contribution is -2.08. The van der Waals surface area contributed by atoms with Gasteiger partial charge in [-0.25, -0.2) is 4.98 Å². The van der Waals surface area contributed by atoms with Crippen LogP contribution in [0.3, 0.4) is 0 Å². The first-order chi connectivity index (χ1) is 17.7. The van der Waals surface area contributed by atoms with Gasteiger partial charge in [0.2, 0.25) is 5.91 Å². The van der Waals surface area contributed by atoms with Crippen LogP contribution in [0.2, 0.25) is 0 Å². The zero-order valence-corrected chi connectivity index (χ0v) is 20.2. The third-order valence-electron chi connectivity index (χ3n) is 5.70. The minimum Gasteiger partial charge on any atom is -0.388 e. The third-order valence-corrected chi connectivity index (χ3v) is 5.70. The molecule has 4 aromatic rings. The minimum atomic E-state index is -4.43. The van der Waals surface area contributed by atoms with Crippen LogP contribution < -0.4 is 10.2 Å². The number of hydrogen-bond acceptors (Lipinski definition) is 4. The molecule has 0 aliphatic heterocycles. The lowest BCUT2D eigenvalue weighted by atomic mass is 9.96. The van der Waals surface area contributed by atoms with E-state index in [0.717, 1.165) is 23.4 Å². The Balaban J connectivity index is 1.61. The molecule has 0 aliphatic rings. The number of halogens is 3. The number of aliphatic hydroxyl groups is 1.